The SMILES string of the molecule is O=C1c2c3ccccc3cc3cc4ccccc4c(c23)C(=O)N1c1c(CCC2CCCCC2)cccc1CCC1CCCCC1. The van der Waals surface area contributed by atoms with Gasteiger partial charge in [0.15, 0.2) is 0 Å². The zero-order chi connectivity index (χ0) is 30.3. The van der Waals surface area contributed by atoms with Crippen LogP contribution in [0.1, 0.15) is 109 Å². The summed E-state index contributed by atoms with van der Waals surface area (Å²) in [5.74, 6) is 1.11. The van der Waals surface area contributed by atoms with Crippen LogP contribution in [-0.2, 0) is 12.8 Å². The molecule has 3 aliphatic rings. The number of amides is 2. The van der Waals surface area contributed by atoms with Gasteiger partial charge in [0, 0.05) is 5.39 Å². The zero-order valence-corrected chi connectivity index (χ0v) is 26.3. The second-order valence-corrected chi connectivity index (χ2v) is 14.0. The van der Waals surface area contributed by atoms with E-state index in [9.17, 15) is 9.59 Å². The summed E-state index contributed by atoms with van der Waals surface area (Å²) < 4.78 is 0. The number of fused-ring (bicyclic) bond motifs is 4. The van der Waals surface area contributed by atoms with E-state index in [0.29, 0.717) is 11.1 Å². The summed E-state index contributed by atoms with van der Waals surface area (Å²) in [4.78, 5) is 31.6. The van der Waals surface area contributed by atoms with E-state index < -0.39 is 0 Å². The maximum absolute atomic E-state index is 15.0. The van der Waals surface area contributed by atoms with Gasteiger partial charge in [0.05, 0.1) is 16.8 Å². The van der Waals surface area contributed by atoms with Crippen LogP contribution in [-0.4, -0.2) is 11.8 Å². The number of benzene rings is 5. The molecule has 3 heteroatoms. The topological polar surface area (TPSA) is 37.4 Å². The Labute approximate surface area is 266 Å². The number of nitrogens with zero attached hydrogens (tertiary/aromatic N) is 1. The van der Waals surface area contributed by atoms with E-state index in [4.69, 9.17) is 0 Å². The molecular formula is C42H43NO2. The fraction of sp³-hybridized carbons (Fsp3) is 0.381. The van der Waals surface area contributed by atoms with Crippen molar-refractivity contribution in [3.05, 3.63) is 101 Å². The van der Waals surface area contributed by atoms with E-state index in [2.05, 4.69) is 42.5 Å². The summed E-state index contributed by atoms with van der Waals surface area (Å²) in [5.41, 5.74) is 4.53. The van der Waals surface area contributed by atoms with E-state index in [-0.39, 0.29) is 11.8 Å². The van der Waals surface area contributed by atoms with Gasteiger partial charge >= 0.3 is 0 Å². The summed E-state index contributed by atoms with van der Waals surface area (Å²) in [6.45, 7) is 0. The standard InChI is InChI=1S/C42H43NO2/c44-41-38-35-20-9-7-16-32(35)26-34-27-33-17-8-10-21-36(33)39(37(34)38)42(45)43(41)40-30(24-22-28-12-3-1-4-13-28)18-11-19-31(40)25-23-29-14-5-2-6-15-29/h7-11,16-21,26-29H,1-6,12-15,22-25H2. The van der Waals surface area contributed by atoms with Crippen molar-refractivity contribution in [3.63, 3.8) is 0 Å². The van der Waals surface area contributed by atoms with Gasteiger partial charge in [-0.2, -0.15) is 0 Å². The van der Waals surface area contributed by atoms with Crippen molar-refractivity contribution in [2.45, 2.75) is 89.9 Å². The molecule has 3 nitrogen and oxygen atoms in total. The van der Waals surface area contributed by atoms with E-state index in [1.54, 1.807) is 4.90 Å². The molecule has 0 N–H and O–H groups in total. The molecule has 0 saturated heterocycles. The van der Waals surface area contributed by atoms with Gasteiger partial charge in [-0.3, -0.25) is 9.59 Å². The summed E-state index contributed by atoms with van der Waals surface area (Å²) in [6.07, 6.45) is 17.2. The monoisotopic (exact) mass is 593 g/mol. The maximum atomic E-state index is 15.0. The molecule has 0 atom stereocenters. The first kappa shape index (κ1) is 28.5. The van der Waals surface area contributed by atoms with Gasteiger partial charge in [0.2, 0.25) is 0 Å². The van der Waals surface area contributed by atoms with Gasteiger partial charge < -0.3 is 0 Å². The molecule has 0 aromatic heterocycles. The van der Waals surface area contributed by atoms with Gasteiger partial charge in [0.1, 0.15) is 0 Å². The lowest BCUT2D eigenvalue weighted by molar-refractivity contribution is 0.0895. The van der Waals surface area contributed by atoms with Crippen molar-refractivity contribution in [3.8, 4) is 0 Å². The third-order valence-corrected chi connectivity index (χ3v) is 11.2. The van der Waals surface area contributed by atoms with Crippen LogP contribution in [0.4, 0.5) is 5.69 Å². The number of hydrogen-bond donors (Lipinski definition) is 0. The highest BCUT2D eigenvalue weighted by Gasteiger charge is 2.38. The van der Waals surface area contributed by atoms with Gasteiger partial charge in [-0.1, -0.05) is 131 Å². The van der Waals surface area contributed by atoms with Crippen LogP contribution < -0.4 is 4.90 Å². The molecule has 2 aliphatic carbocycles. The second-order valence-electron chi connectivity index (χ2n) is 14.0. The highest BCUT2D eigenvalue weighted by Crippen LogP contribution is 2.43. The Bertz CT molecular complexity index is 1790. The van der Waals surface area contributed by atoms with Crippen molar-refractivity contribution < 1.29 is 9.59 Å². The molecule has 0 bridgehead atoms. The Morgan fingerprint density at radius 2 is 1.00 bits per heavy atom. The van der Waals surface area contributed by atoms with E-state index in [0.717, 1.165) is 86.7 Å². The third kappa shape index (κ3) is 5.15. The molecule has 0 radical (unpaired) electrons. The summed E-state index contributed by atoms with van der Waals surface area (Å²) in [6, 6.07) is 27.2. The van der Waals surface area contributed by atoms with Gasteiger partial charge in [0.25, 0.3) is 11.8 Å². The van der Waals surface area contributed by atoms with Crippen molar-refractivity contribution in [1.82, 2.24) is 0 Å². The van der Waals surface area contributed by atoms with E-state index in [1.165, 1.54) is 64.2 Å². The van der Waals surface area contributed by atoms with Crippen molar-refractivity contribution in [2.24, 2.45) is 11.8 Å². The zero-order valence-electron chi connectivity index (χ0n) is 26.3. The van der Waals surface area contributed by atoms with E-state index >= 15 is 0 Å². The average molecular weight is 594 g/mol. The lowest BCUT2D eigenvalue weighted by atomic mass is 9.82. The molecule has 1 heterocycles. The number of rotatable bonds is 7. The van der Waals surface area contributed by atoms with Gasteiger partial charge in [-0.15, -0.1) is 0 Å². The van der Waals surface area contributed by atoms with Crippen LogP contribution in [0.5, 0.6) is 0 Å². The molecule has 1 aliphatic heterocycles. The largest absolute Gasteiger partial charge is 0.268 e. The first-order chi connectivity index (χ1) is 22.2. The van der Waals surface area contributed by atoms with Crippen LogP contribution in [0, 0.1) is 11.8 Å². The predicted octanol–water partition coefficient (Wildman–Crippen LogP) is 11.0. The Morgan fingerprint density at radius 1 is 0.533 bits per heavy atom. The van der Waals surface area contributed by atoms with Gasteiger partial charge in [-0.05, 0) is 87.7 Å². The maximum Gasteiger partial charge on any atom is 0.266 e. The number of aryl methyl sites for hydroxylation is 2. The Kier molecular flexibility index (Phi) is 7.65. The number of carbonyl (C=O) groups excluding carboxylic acids is 2. The molecule has 8 rings (SSSR count). The van der Waals surface area contributed by atoms with Crippen LogP contribution in [0.15, 0.2) is 78.9 Å². The number of imide groups is 1. The minimum atomic E-state index is -0.173. The normalized spacial score (nSPS) is 18.0. The molecule has 228 valence electrons. The molecule has 5 aromatic rings. The molecule has 45 heavy (non-hydrogen) atoms. The van der Waals surface area contributed by atoms with Crippen LogP contribution >= 0.6 is 0 Å². The predicted molar refractivity (Wildman–Crippen MR) is 186 cm³/mol. The number of hydrogen-bond acceptors (Lipinski definition) is 2. The summed E-state index contributed by atoms with van der Waals surface area (Å²) in [7, 11) is 0. The van der Waals surface area contributed by atoms with Crippen LogP contribution in [0.2, 0.25) is 0 Å². The summed E-state index contributed by atoms with van der Waals surface area (Å²) in [5, 5.41) is 5.68. The number of carbonyl (C=O) groups is 2. The van der Waals surface area contributed by atoms with E-state index in [1.807, 2.05) is 36.4 Å². The van der Waals surface area contributed by atoms with Crippen molar-refractivity contribution in [2.75, 3.05) is 4.90 Å². The lowest BCUT2D eigenvalue weighted by Gasteiger charge is -2.33. The highest BCUT2D eigenvalue weighted by molar-refractivity contribution is 6.42. The molecule has 5 aromatic carbocycles. The number of anilines is 1. The first-order valence-corrected chi connectivity index (χ1v) is 17.5. The third-order valence-electron chi connectivity index (χ3n) is 11.2. The van der Waals surface area contributed by atoms with Crippen LogP contribution in [0.25, 0.3) is 32.3 Å². The molecular weight excluding hydrogens is 550 g/mol. The molecule has 0 spiro atoms. The molecule has 2 amide bonds. The van der Waals surface area contributed by atoms with Crippen molar-refractivity contribution >= 4 is 49.8 Å². The molecule has 0 unspecified atom stereocenters. The Hall–Kier alpha value is -3.98. The minimum absolute atomic E-state index is 0.173. The van der Waals surface area contributed by atoms with Crippen LogP contribution in [0.3, 0.4) is 0 Å². The van der Waals surface area contributed by atoms with Gasteiger partial charge in [-0.25, -0.2) is 4.90 Å². The lowest BCUT2D eigenvalue weighted by Crippen LogP contribution is -2.42. The first-order valence-electron chi connectivity index (χ1n) is 17.5. The van der Waals surface area contributed by atoms with Crippen molar-refractivity contribution in [1.29, 1.82) is 0 Å². The molecule has 2 saturated carbocycles. The number of para-hydroxylation sites is 1. The Morgan fingerprint density at radius 3 is 1.49 bits per heavy atom. The minimum Gasteiger partial charge on any atom is -0.268 e. The fourth-order valence-electron chi connectivity index (χ4n) is 8.87. The second kappa shape index (κ2) is 12.1. The summed E-state index contributed by atoms with van der Waals surface area (Å²) >= 11 is 0. The smallest absolute Gasteiger partial charge is 0.266 e. The Balaban J connectivity index is 1.30. The quantitative estimate of drug-likeness (QED) is 0.139. The average Bonchev–Trinajstić information content (AvgIpc) is 3.09. The fourth-order valence-corrected chi connectivity index (χ4v) is 8.87. The highest BCUT2D eigenvalue weighted by atomic mass is 16.2. The molecule has 2 fully saturated rings.